The van der Waals surface area contributed by atoms with E-state index in [2.05, 4.69) is 20.4 Å². The molecule has 130 valence electrons. The highest BCUT2D eigenvalue weighted by Crippen LogP contribution is 2.29. The highest BCUT2D eigenvalue weighted by molar-refractivity contribution is 5.93. The van der Waals surface area contributed by atoms with Crippen LogP contribution in [0.4, 0.5) is 5.95 Å². The van der Waals surface area contributed by atoms with Crippen LogP contribution in [-0.2, 0) is 7.05 Å². The predicted molar refractivity (Wildman–Crippen MR) is 98.1 cm³/mol. The van der Waals surface area contributed by atoms with Crippen molar-refractivity contribution in [3.05, 3.63) is 30.5 Å². The SMILES string of the molecule is Cc1nn(C)cc1-c1cncc2cnc(NC3CCCCC3N)nc12. The molecule has 7 heteroatoms. The fourth-order valence-corrected chi connectivity index (χ4v) is 3.59. The van der Waals surface area contributed by atoms with E-state index in [0.717, 1.165) is 40.6 Å². The number of nitrogens with one attached hydrogen (secondary N) is 1. The van der Waals surface area contributed by atoms with Gasteiger partial charge in [0.25, 0.3) is 0 Å². The predicted octanol–water partition coefficient (Wildman–Crippen LogP) is 2.42. The average Bonchev–Trinajstić information content (AvgIpc) is 2.94. The largest absolute Gasteiger partial charge is 0.350 e. The molecule has 2 unspecified atom stereocenters. The van der Waals surface area contributed by atoms with Crippen molar-refractivity contribution in [2.24, 2.45) is 12.8 Å². The lowest BCUT2D eigenvalue weighted by atomic mass is 9.91. The molecule has 3 N–H and O–H groups in total. The lowest BCUT2D eigenvalue weighted by molar-refractivity contribution is 0.402. The Bertz CT molecular complexity index is 902. The molecular formula is C18H23N7. The Balaban J connectivity index is 1.74. The first-order chi connectivity index (χ1) is 12.1. The van der Waals surface area contributed by atoms with Gasteiger partial charge in [0.15, 0.2) is 0 Å². The number of rotatable bonds is 3. The summed E-state index contributed by atoms with van der Waals surface area (Å²) in [6.07, 6.45) is 12.0. The van der Waals surface area contributed by atoms with Crippen molar-refractivity contribution in [1.82, 2.24) is 24.7 Å². The summed E-state index contributed by atoms with van der Waals surface area (Å²) in [7, 11) is 1.92. The summed E-state index contributed by atoms with van der Waals surface area (Å²) < 4.78 is 1.81. The minimum absolute atomic E-state index is 0.158. The van der Waals surface area contributed by atoms with Gasteiger partial charge in [0, 0.05) is 60.4 Å². The topological polar surface area (TPSA) is 94.5 Å². The van der Waals surface area contributed by atoms with Gasteiger partial charge in [0.1, 0.15) is 0 Å². The number of anilines is 1. The van der Waals surface area contributed by atoms with E-state index in [1.807, 2.05) is 37.2 Å². The van der Waals surface area contributed by atoms with E-state index in [4.69, 9.17) is 10.7 Å². The highest BCUT2D eigenvalue weighted by Gasteiger charge is 2.22. The second-order valence-corrected chi connectivity index (χ2v) is 6.82. The molecule has 3 aromatic heterocycles. The molecule has 7 nitrogen and oxygen atoms in total. The minimum atomic E-state index is 0.158. The zero-order valence-electron chi connectivity index (χ0n) is 14.6. The van der Waals surface area contributed by atoms with Crippen LogP contribution in [0.2, 0.25) is 0 Å². The van der Waals surface area contributed by atoms with Crippen LogP contribution in [0, 0.1) is 6.92 Å². The van der Waals surface area contributed by atoms with Gasteiger partial charge in [-0.3, -0.25) is 9.67 Å². The third-order valence-corrected chi connectivity index (χ3v) is 4.93. The normalized spacial score (nSPS) is 20.8. The maximum Gasteiger partial charge on any atom is 0.223 e. The van der Waals surface area contributed by atoms with Gasteiger partial charge in [-0.15, -0.1) is 0 Å². The molecule has 0 radical (unpaired) electrons. The summed E-state index contributed by atoms with van der Waals surface area (Å²) in [5.41, 5.74) is 10.1. The van der Waals surface area contributed by atoms with Crippen molar-refractivity contribution >= 4 is 16.9 Å². The molecule has 3 heterocycles. The molecule has 1 aliphatic carbocycles. The van der Waals surface area contributed by atoms with Crippen LogP contribution in [0.1, 0.15) is 31.4 Å². The third-order valence-electron chi connectivity index (χ3n) is 4.93. The summed E-state index contributed by atoms with van der Waals surface area (Å²) in [4.78, 5) is 13.6. The number of hydrogen-bond donors (Lipinski definition) is 2. The van der Waals surface area contributed by atoms with Crippen molar-refractivity contribution < 1.29 is 0 Å². The first-order valence-corrected chi connectivity index (χ1v) is 8.75. The molecule has 0 amide bonds. The van der Waals surface area contributed by atoms with E-state index in [-0.39, 0.29) is 12.1 Å². The number of aryl methyl sites for hydroxylation is 2. The van der Waals surface area contributed by atoms with Crippen LogP contribution in [0.5, 0.6) is 0 Å². The van der Waals surface area contributed by atoms with Crippen LogP contribution in [0.15, 0.2) is 24.8 Å². The molecule has 1 fully saturated rings. The number of nitrogens with two attached hydrogens (primary N) is 1. The molecule has 1 aliphatic rings. The third kappa shape index (κ3) is 3.07. The lowest BCUT2D eigenvalue weighted by Gasteiger charge is -2.29. The Kier molecular flexibility index (Phi) is 4.09. The van der Waals surface area contributed by atoms with Gasteiger partial charge in [0.2, 0.25) is 5.95 Å². The van der Waals surface area contributed by atoms with Crippen molar-refractivity contribution in [3.8, 4) is 11.1 Å². The Morgan fingerprint density at radius 2 is 2.00 bits per heavy atom. The highest BCUT2D eigenvalue weighted by atomic mass is 15.2. The van der Waals surface area contributed by atoms with Gasteiger partial charge in [-0.25, -0.2) is 9.97 Å². The van der Waals surface area contributed by atoms with Crippen molar-refractivity contribution in [1.29, 1.82) is 0 Å². The zero-order chi connectivity index (χ0) is 17.4. The van der Waals surface area contributed by atoms with Gasteiger partial charge < -0.3 is 11.1 Å². The van der Waals surface area contributed by atoms with E-state index in [9.17, 15) is 0 Å². The van der Waals surface area contributed by atoms with Gasteiger partial charge in [-0.2, -0.15) is 5.10 Å². The first-order valence-electron chi connectivity index (χ1n) is 8.75. The maximum absolute atomic E-state index is 6.24. The molecule has 0 aromatic carbocycles. The molecule has 4 rings (SSSR count). The van der Waals surface area contributed by atoms with E-state index in [1.54, 1.807) is 6.20 Å². The summed E-state index contributed by atoms with van der Waals surface area (Å²) in [6.45, 7) is 2.00. The second-order valence-electron chi connectivity index (χ2n) is 6.82. The van der Waals surface area contributed by atoms with Crippen LogP contribution in [0.25, 0.3) is 22.0 Å². The average molecular weight is 337 g/mol. The summed E-state index contributed by atoms with van der Waals surface area (Å²) in [5.74, 6) is 0.629. The monoisotopic (exact) mass is 337 g/mol. The molecular weight excluding hydrogens is 314 g/mol. The van der Waals surface area contributed by atoms with Gasteiger partial charge in [0.05, 0.1) is 11.2 Å². The molecule has 1 saturated carbocycles. The van der Waals surface area contributed by atoms with E-state index >= 15 is 0 Å². The van der Waals surface area contributed by atoms with Crippen LogP contribution < -0.4 is 11.1 Å². The molecule has 0 saturated heterocycles. The Hall–Kier alpha value is -2.54. The quantitative estimate of drug-likeness (QED) is 0.762. The number of nitrogens with zero attached hydrogens (tertiary/aromatic N) is 5. The van der Waals surface area contributed by atoms with Gasteiger partial charge in [-0.05, 0) is 19.8 Å². The Morgan fingerprint density at radius 3 is 2.76 bits per heavy atom. The molecule has 0 bridgehead atoms. The first kappa shape index (κ1) is 16.0. The molecule has 2 atom stereocenters. The summed E-state index contributed by atoms with van der Waals surface area (Å²) in [5, 5.41) is 8.78. The number of aromatic nitrogens is 5. The summed E-state index contributed by atoms with van der Waals surface area (Å²) in [6, 6.07) is 0.391. The number of pyridine rings is 1. The fraction of sp³-hybridized carbons (Fsp3) is 0.444. The standard InChI is InChI=1S/C18H23N7/c1-11-14(10-25(2)24-11)13-9-20-7-12-8-21-18(23-17(12)13)22-16-6-4-3-5-15(16)19/h7-10,15-16H,3-6,19H2,1-2H3,(H,21,22,23). The van der Waals surface area contributed by atoms with E-state index in [0.29, 0.717) is 5.95 Å². The number of hydrogen-bond acceptors (Lipinski definition) is 6. The van der Waals surface area contributed by atoms with Crippen molar-refractivity contribution in [3.63, 3.8) is 0 Å². The molecule has 3 aromatic rings. The van der Waals surface area contributed by atoms with Crippen LogP contribution in [-0.4, -0.2) is 36.8 Å². The number of fused-ring (bicyclic) bond motifs is 1. The lowest BCUT2D eigenvalue weighted by Crippen LogP contribution is -2.42. The van der Waals surface area contributed by atoms with Gasteiger partial charge >= 0.3 is 0 Å². The smallest absolute Gasteiger partial charge is 0.223 e. The van der Waals surface area contributed by atoms with E-state index < -0.39 is 0 Å². The van der Waals surface area contributed by atoms with Crippen molar-refractivity contribution in [2.45, 2.75) is 44.7 Å². The van der Waals surface area contributed by atoms with Crippen molar-refractivity contribution in [2.75, 3.05) is 5.32 Å². The maximum atomic E-state index is 6.24. The Morgan fingerprint density at radius 1 is 1.16 bits per heavy atom. The minimum Gasteiger partial charge on any atom is -0.350 e. The molecule has 0 spiro atoms. The Labute approximate surface area is 146 Å². The second kappa shape index (κ2) is 6.40. The fourth-order valence-electron chi connectivity index (χ4n) is 3.59. The summed E-state index contributed by atoms with van der Waals surface area (Å²) >= 11 is 0. The van der Waals surface area contributed by atoms with Crippen LogP contribution in [0.3, 0.4) is 0 Å². The van der Waals surface area contributed by atoms with Gasteiger partial charge in [-0.1, -0.05) is 12.8 Å². The zero-order valence-corrected chi connectivity index (χ0v) is 14.6. The van der Waals surface area contributed by atoms with E-state index in [1.165, 1.54) is 12.8 Å². The molecule has 0 aliphatic heterocycles. The molecule has 25 heavy (non-hydrogen) atoms. The van der Waals surface area contributed by atoms with Crippen LogP contribution >= 0.6 is 0 Å².